The first-order valence-corrected chi connectivity index (χ1v) is 10.6. The van der Waals surface area contributed by atoms with Crippen LogP contribution in [0.15, 0.2) is 36.7 Å². The zero-order chi connectivity index (χ0) is 18.5. The highest BCUT2D eigenvalue weighted by molar-refractivity contribution is 6.30. The van der Waals surface area contributed by atoms with E-state index in [4.69, 9.17) is 11.6 Å². The normalized spacial score (nSPS) is 30.0. The third-order valence-corrected chi connectivity index (χ3v) is 7.11. The van der Waals surface area contributed by atoms with Crippen LogP contribution in [0.3, 0.4) is 0 Å². The zero-order valence-electron chi connectivity index (χ0n) is 15.6. The van der Waals surface area contributed by atoms with Gasteiger partial charge in [0.15, 0.2) is 0 Å². The van der Waals surface area contributed by atoms with E-state index in [1.54, 1.807) is 24.3 Å². The van der Waals surface area contributed by atoms with Crippen molar-refractivity contribution >= 4 is 17.5 Å². The number of carbonyl (C=O) groups excluding carboxylic acids is 1. The van der Waals surface area contributed by atoms with Crippen molar-refractivity contribution in [2.45, 2.75) is 57.0 Å². The number of halogens is 1. The Morgan fingerprint density at radius 1 is 1.26 bits per heavy atom. The fourth-order valence-corrected chi connectivity index (χ4v) is 5.31. The highest BCUT2D eigenvalue weighted by atomic mass is 35.5. The van der Waals surface area contributed by atoms with Crippen LogP contribution in [0.2, 0.25) is 5.02 Å². The minimum absolute atomic E-state index is 0.0150. The van der Waals surface area contributed by atoms with Crippen molar-refractivity contribution < 1.29 is 4.79 Å². The largest absolute Gasteiger partial charge is 0.349 e. The van der Waals surface area contributed by atoms with Gasteiger partial charge in [0, 0.05) is 22.8 Å². The topological polar surface area (TPSA) is 46.9 Å². The lowest BCUT2D eigenvalue weighted by atomic mass is 9.99. The molecule has 5 atom stereocenters. The van der Waals surface area contributed by atoms with Crippen LogP contribution in [0.25, 0.3) is 0 Å². The molecule has 0 saturated heterocycles. The van der Waals surface area contributed by atoms with Gasteiger partial charge in [0.05, 0.1) is 12.2 Å². The number of carbonyl (C=O) groups is 1. The Balaban J connectivity index is 1.19. The van der Waals surface area contributed by atoms with Gasteiger partial charge in [-0.3, -0.25) is 9.48 Å². The van der Waals surface area contributed by atoms with Crippen LogP contribution in [-0.4, -0.2) is 21.7 Å². The molecular formula is C22H26ClN3O. The maximum Gasteiger partial charge on any atom is 0.251 e. The first-order valence-electron chi connectivity index (χ1n) is 10.2. The molecule has 27 heavy (non-hydrogen) atoms. The van der Waals surface area contributed by atoms with Gasteiger partial charge in [-0.1, -0.05) is 18.5 Å². The Morgan fingerprint density at radius 3 is 2.59 bits per heavy atom. The fraction of sp³-hybridized carbons (Fsp3) is 0.545. The van der Waals surface area contributed by atoms with Crippen molar-refractivity contribution in [3.63, 3.8) is 0 Å². The highest BCUT2D eigenvalue weighted by Gasteiger charge is 2.59. The van der Waals surface area contributed by atoms with E-state index in [0.29, 0.717) is 22.5 Å². The average Bonchev–Trinajstić information content (AvgIpc) is 3.53. The standard InChI is InChI=1S/C22H26ClN3O/c1-2-20(25-22(27)14-5-7-16(23)8-6-14)21-18-9-17(10-19(18)21)26-12-15(11-24-26)13-3-4-13/h5-8,11-13,17-21H,2-4,9-10H2,1H3,(H,25,27)/t17?,18-,19+,20-,21?/m1/s1. The number of nitrogens with zero attached hydrogens (tertiary/aromatic N) is 2. The van der Waals surface area contributed by atoms with Crippen molar-refractivity contribution in [1.29, 1.82) is 0 Å². The van der Waals surface area contributed by atoms with Gasteiger partial charge in [0.1, 0.15) is 0 Å². The second-order valence-corrected chi connectivity index (χ2v) is 8.99. The number of hydrogen-bond acceptors (Lipinski definition) is 2. The number of rotatable bonds is 6. The zero-order valence-corrected chi connectivity index (χ0v) is 16.4. The van der Waals surface area contributed by atoms with Gasteiger partial charge in [0.2, 0.25) is 0 Å². The lowest BCUT2D eigenvalue weighted by Gasteiger charge is -2.22. The van der Waals surface area contributed by atoms with Crippen LogP contribution in [0.4, 0.5) is 0 Å². The molecule has 5 rings (SSSR count). The summed E-state index contributed by atoms with van der Waals surface area (Å²) in [7, 11) is 0. The van der Waals surface area contributed by atoms with E-state index in [0.717, 1.165) is 24.2 Å². The molecule has 3 saturated carbocycles. The van der Waals surface area contributed by atoms with Crippen molar-refractivity contribution in [1.82, 2.24) is 15.1 Å². The predicted molar refractivity (Wildman–Crippen MR) is 106 cm³/mol. The minimum atomic E-state index is 0.0150. The Labute approximate surface area is 165 Å². The average molecular weight is 384 g/mol. The van der Waals surface area contributed by atoms with Gasteiger partial charge in [-0.15, -0.1) is 0 Å². The Morgan fingerprint density at radius 2 is 1.96 bits per heavy atom. The van der Waals surface area contributed by atoms with Crippen LogP contribution >= 0.6 is 11.6 Å². The molecule has 2 unspecified atom stereocenters. The smallest absolute Gasteiger partial charge is 0.251 e. The van der Waals surface area contributed by atoms with Gasteiger partial charge < -0.3 is 5.32 Å². The molecule has 1 aromatic heterocycles. The summed E-state index contributed by atoms with van der Waals surface area (Å²) in [6.45, 7) is 2.17. The van der Waals surface area contributed by atoms with Crippen LogP contribution in [0.5, 0.6) is 0 Å². The number of amides is 1. The number of fused-ring (bicyclic) bond motifs is 1. The van der Waals surface area contributed by atoms with Gasteiger partial charge in [-0.05, 0) is 85.6 Å². The summed E-state index contributed by atoms with van der Waals surface area (Å²) in [5.74, 6) is 2.88. The number of hydrogen-bond donors (Lipinski definition) is 1. The van der Waals surface area contributed by atoms with Crippen LogP contribution in [0, 0.1) is 17.8 Å². The van der Waals surface area contributed by atoms with Gasteiger partial charge in [-0.2, -0.15) is 5.10 Å². The van der Waals surface area contributed by atoms with Crippen molar-refractivity contribution in [3.05, 3.63) is 52.8 Å². The van der Waals surface area contributed by atoms with E-state index in [9.17, 15) is 4.79 Å². The van der Waals surface area contributed by atoms with E-state index >= 15 is 0 Å². The molecule has 0 radical (unpaired) electrons. The molecule has 0 bridgehead atoms. The van der Waals surface area contributed by atoms with Gasteiger partial charge in [-0.25, -0.2) is 0 Å². The molecule has 3 aliphatic carbocycles. The predicted octanol–water partition coefficient (Wildman–Crippen LogP) is 4.82. The van der Waals surface area contributed by atoms with E-state index in [1.807, 2.05) is 0 Å². The van der Waals surface area contributed by atoms with Crippen molar-refractivity contribution in [2.75, 3.05) is 0 Å². The van der Waals surface area contributed by atoms with Crippen molar-refractivity contribution in [2.24, 2.45) is 17.8 Å². The molecule has 0 aliphatic heterocycles. The molecule has 1 heterocycles. The summed E-state index contributed by atoms with van der Waals surface area (Å²) >= 11 is 5.92. The minimum Gasteiger partial charge on any atom is -0.349 e. The molecule has 1 N–H and O–H groups in total. The highest BCUT2D eigenvalue weighted by Crippen LogP contribution is 2.62. The maximum atomic E-state index is 12.6. The fourth-order valence-electron chi connectivity index (χ4n) is 5.18. The Hall–Kier alpha value is -1.81. The molecular weight excluding hydrogens is 358 g/mol. The van der Waals surface area contributed by atoms with Gasteiger partial charge in [0.25, 0.3) is 5.91 Å². The summed E-state index contributed by atoms with van der Waals surface area (Å²) in [5, 5.41) is 8.56. The molecule has 3 fully saturated rings. The van der Waals surface area contributed by atoms with E-state index in [1.165, 1.54) is 31.2 Å². The summed E-state index contributed by atoms with van der Waals surface area (Å²) in [6, 6.07) is 7.95. The third kappa shape index (κ3) is 3.29. The molecule has 4 nitrogen and oxygen atoms in total. The first-order chi connectivity index (χ1) is 13.1. The quantitative estimate of drug-likeness (QED) is 0.777. The second kappa shape index (κ2) is 6.66. The molecule has 1 amide bonds. The summed E-state index contributed by atoms with van der Waals surface area (Å²) in [4.78, 5) is 12.6. The molecule has 2 aromatic rings. The Bertz CT molecular complexity index is 829. The maximum absolute atomic E-state index is 12.6. The number of benzene rings is 1. The monoisotopic (exact) mass is 383 g/mol. The van der Waals surface area contributed by atoms with E-state index in [2.05, 4.69) is 34.4 Å². The summed E-state index contributed by atoms with van der Waals surface area (Å²) < 4.78 is 2.21. The molecule has 3 aliphatic rings. The lowest BCUT2D eigenvalue weighted by molar-refractivity contribution is 0.0926. The lowest BCUT2D eigenvalue weighted by Crippen LogP contribution is -2.37. The Kier molecular flexibility index (Phi) is 4.27. The van der Waals surface area contributed by atoms with E-state index in [-0.39, 0.29) is 11.9 Å². The first kappa shape index (κ1) is 17.3. The second-order valence-electron chi connectivity index (χ2n) is 8.55. The van der Waals surface area contributed by atoms with Crippen LogP contribution < -0.4 is 5.32 Å². The third-order valence-electron chi connectivity index (χ3n) is 6.86. The van der Waals surface area contributed by atoms with Crippen LogP contribution in [-0.2, 0) is 0 Å². The van der Waals surface area contributed by atoms with E-state index < -0.39 is 0 Å². The van der Waals surface area contributed by atoms with Crippen molar-refractivity contribution in [3.8, 4) is 0 Å². The molecule has 0 spiro atoms. The molecule has 5 heteroatoms. The molecule has 142 valence electrons. The van der Waals surface area contributed by atoms with Crippen LogP contribution in [0.1, 0.15) is 66.9 Å². The summed E-state index contributed by atoms with van der Waals surface area (Å²) in [6.07, 6.45) is 10.4. The number of aromatic nitrogens is 2. The van der Waals surface area contributed by atoms with Gasteiger partial charge >= 0.3 is 0 Å². The number of nitrogens with one attached hydrogen (secondary N) is 1. The summed E-state index contributed by atoms with van der Waals surface area (Å²) in [5.41, 5.74) is 2.11. The SMILES string of the molecule is CC[C@@H](NC(=O)c1ccc(Cl)cc1)C1[C@H]2CC(n3cc(C4CC4)cn3)C[C@@H]12. The molecule has 1 aromatic carbocycles.